The monoisotopic (exact) mass is 401 g/mol. The van der Waals surface area contributed by atoms with Gasteiger partial charge in [0.25, 0.3) is 0 Å². The van der Waals surface area contributed by atoms with Crippen LogP contribution in [0.15, 0.2) is 0 Å². The molecule has 4 nitrogen and oxygen atoms in total. The van der Waals surface area contributed by atoms with Crippen molar-refractivity contribution < 1.29 is 54.9 Å². The van der Waals surface area contributed by atoms with Gasteiger partial charge in [-0.25, -0.2) is 4.79 Å². The Balaban J connectivity index is 0.00000289. The van der Waals surface area contributed by atoms with Crippen molar-refractivity contribution in [1.82, 2.24) is 5.32 Å². The zero-order valence-electron chi connectivity index (χ0n) is 11.2. The quantitative estimate of drug-likeness (QED) is 0.636. The van der Waals surface area contributed by atoms with E-state index in [0.717, 1.165) is 6.42 Å². The maximum absolute atomic E-state index is 10.9. The van der Waals surface area contributed by atoms with Crippen molar-refractivity contribution in [3.8, 4) is 0 Å². The van der Waals surface area contributed by atoms with Gasteiger partial charge in [-0.3, -0.25) is 0 Å². The Kier molecular flexibility index (Phi) is 9.97. The average molecular weight is 401 g/mol. The summed E-state index contributed by atoms with van der Waals surface area (Å²) in [5, 5.41) is 21.8. The first kappa shape index (κ1) is 18.7. The Morgan fingerprint density at radius 2 is 1.83 bits per heavy atom. The van der Waals surface area contributed by atoms with E-state index >= 15 is 0 Å². The molecular formula is C13H25GdNO3. The number of carbonyl (C=O) groups is 1. The molecule has 0 bridgehead atoms. The first-order valence-electron chi connectivity index (χ1n) is 6.67. The van der Waals surface area contributed by atoms with E-state index < -0.39 is 12.1 Å². The van der Waals surface area contributed by atoms with Crippen molar-refractivity contribution in [3.05, 3.63) is 0 Å². The minimum Gasteiger partial charge on any atom is -0.479 e. The van der Waals surface area contributed by atoms with Crippen molar-refractivity contribution in [3.63, 3.8) is 0 Å². The molecule has 0 aromatic carbocycles. The fourth-order valence-electron chi connectivity index (χ4n) is 2.67. The number of carboxylic acid groups (broad SMARTS) is 1. The first-order chi connectivity index (χ1) is 8.00. The molecule has 1 fully saturated rings. The van der Waals surface area contributed by atoms with Crippen LogP contribution in [0.3, 0.4) is 0 Å². The predicted octanol–water partition coefficient (Wildman–Crippen LogP) is 1.77. The minimum absolute atomic E-state index is 0. The van der Waals surface area contributed by atoms with Crippen molar-refractivity contribution in [2.45, 2.75) is 70.6 Å². The summed E-state index contributed by atoms with van der Waals surface area (Å²) in [7, 11) is 0. The second-order valence-electron chi connectivity index (χ2n) is 5.45. The number of hydrogen-bond donors (Lipinski definition) is 3. The summed E-state index contributed by atoms with van der Waals surface area (Å²) in [6.07, 6.45) is 5.58. The molecule has 2 unspecified atom stereocenters. The Bertz CT molecular complexity index is 242. The molecule has 18 heavy (non-hydrogen) atoms. The summed E-state index contributed by atoms with van der Waals surface area (Å²) in [5.74, 6) is -0.562. The molecule has 2 atom stereocenters. The second kappa shape index (κ2) is 9.59. The van der Waals surface area contributed by atoms with Gasteiger partial charge in [0.15, 0.2) is 6.10 Å². The fraction of sp³-hybridized carbons (Fsp3) is 0.923. The zero-order valence-corrected chi connectivity index (χ0v) is 13.5. The third kappa shape index (κ3) is 6.76. The van der Waals surface area contributed by atoms with Gasteiger partial charge in [0.1, 0.15) is 0 Å². The van der Waals surface area contributed by atoms with E-state index in [1.54, 1.807) is 0 Å². The number of rotatable bonds is 6. The molecule has 1 aliphatic carbocycles. The van der Waals surface area contributed by atoms with Crippen molar-refractivity contribution in [2.75, 3.05) is 0 Å². The van der Waals surface area contributed by atoms with Crippen molar-refractivity contribution >= 4 is 5.97 Å². The van der Waals surface area contributed by atoms with Crippen LogP contribution in [0.25, 0.3) is 0 Å². The molecule has 5 heteroatoms. The van der Waals surface area contributed by atoms with Gasteiger partial charge in [0, 0.05) is 52.0 Å². The van der Waals surface area contributed by atoms with E-state index in [1.807, 2.05) is 13.8 Å². The van der Waals surface area contributed by atoms with E-state index in [4.69, 9.17) is 5.11 Å². The smallest absolute Gasteiger partial charge is 0.334 e. The molecule has 0 aromatic rings. The summed E-state index contributed by atoms with van der Waals surface area (Å²) in [4.78, 5) is 10.9. The van der Waals surface area contributed by atoms with Crippen LogP contribution in [0, 0.1) is 45.9 Å². The molecule has 0 aliphatic heterocycles. The normalized spacial score (nSPS) is 20.2. The summed E-state index contributed by atoms with van der Waals surface area (Å²) in [5.41, 5.74) is 0. The van der Waals surface area contributed by atoms with Gasteiger partial charge < -0.3 is 15.5 Å². The average Bonchev–Trinajstić information content (AvgIpc) is 2.28. The maximum atomic E-state index is 10.9. The molecule has 0 radical (unpaired) electrons. The number of aliphatic carboxylic acids is 1. The van der Waals surface area contributed by atoms with Crippen molar-refractivity contribution in [1.29, 1.82) is 0 Å². The molecule has 0 heterocycles. The van der Waals surface area contributed by atoms with Crippen LogP contribution in [0.2, 0.25) is 0 Å². The maximum Gasteiger partial charge on any atom is 0.334 e. The molecule has 108 valence electrons. The largest absolute Gasteiger partial charge is 0.479 e. The van der Waals surface area contributed by atoms with Crippen LogP contribution < -0.4 is 5.32 Å². The SMILES string of the molecule is CC(C)NC(CC1CCCCC1)C(O)C(=O)O.[Gd]. The molecule has 0 aromatic heterocycles. The van der Waals surface area contributed by atoms with E-state index in [1.165, 1.54) is 32.1 Å². The van der Waals surface area contributed by atoms with Gasteiger partial charge in [0.05, 0.1) is 0 Å². The van der Waals surface area contributed by atoms with Gasteiger partial charge in [-0.05, 0) is 12.3 Å². The number of aliphatic hydroxyl groups is 1. The number of aliphatic hydroxyl groups excluding tert-OH is 1. The molecule has 1 rings (SSSR count). The Hall–Kier alpha value is 0.715. The van der Waals surface area contributed by atoms with Crippen LogP contribution in [-0.4, -0.2) is 34.4 Å². The Morgan fingerprint density at radius 3 is 2.28 bits per heavy atom. The Morgan fingerprint density at radius 1 is 1.28 bits per heavy atom. The zero-order chi connectivity index (χ0) is 12.8. The van der Waals surface area contributed by atoms with Gasteiger partial charge >= 0.3 is 5.97 Å². The minimum atomic E-state index is -1.29. The van der Waals surface area contributed by atoms with Crippen LogP contribution in [0.1, 0.15) is 52.4 Å². The number of nitrogens with one attached hydrogen (secondary N) is 1. The third-order valence-electron chi connectivity index (χ3n) is 3.49. The number of carboxylic acids is 1. The Labute approximate surface area is 142 Å². The molecule has 1 aliphatic rings. The van der Waals surface area contributed by atoms with E-state index in [-0.39, 0.29) is 52.0 Å². The molecule has 0 saturated heterocycles. The summed E-state index contributed by atoms with van der Waals surface area (Å²) >= 11 is 0. The third-order valence-corrected chi connectivity index (χ3v) is 3.49. The van der Waals surface area contributed by atoms with Crippen molar-refractivity contribution in [2.24, 2.45) is 5.92 Å². The topological polar surface area (TPSA) is 69.6 Å². The first-order valence-corrected chi connectivity index (χ1v) is 6.67. The summed E-state index contributed by atoms with van der Waals surface area (Å²) < 4.78 is 0. The molecular weight excluding hydrogens is 375 g/mol. The van der Waals surface area contributed by atoms with E-state index in [0.29, 0.717) is 5.92 Å². The second-order valence-corrected chi connectivity index (χ2v) is 5.45. The van der Waals surface area contributed by atoms with Gasteiger partial charge in [-0.2, -0.15) is 0 Å². The van der Waals surface area contributed by atoms with Crippen LogP contribution in [-0.2, 0) is 4.79 Å². The van der Waals surface area contributed by atoms with Crippen LogP contribution in [0.4, 0.5) is 0 Å². The van der Waals surface area contributed by atoms with E-state index in [2.05, 4.69) is 5.32 Å². The summed E-state index contributed by atoms with van der Waals surface area (Å²) in [6, 6.07) is -0.131. The van der Waals surface area contributed by atoms with Crippen LogP contribution in [0.5, 0.6) is 0 Å². The predicted molar refractivity (Wildman–Crippen MR) is 66.9 cm³/mol. The van der Waals surface area contributed by atoms with Gasteiger partial charge in [0.2, 0.25) is 0 Å². The standard InChI is InChI=1S/C13H25NO3.Gd/c1-9(2)14-11(12(15)13(16)17)8-10-6-4-3-5-7-10;/h9-12,14-15H,3-8H2,1-2H3,(H,16,17);. The van der Waals surface area contributed by atoms with Gasteiger partial charge in [-0.1, -0.05) is 46.0 Å². The van der Waals surface area contributed by atoms with Crippen LogP contribution >= 0.6 is 0 Å². The number of hydrogen-bond acceptors (Lipinski definition) is 3. The molecule has 3 N–H and O–H groups in total. The van der Waals surface area contributed by atoms with Gasteiger partial charge in [-0.15, -0.1) is 0 Å². The molecule has 0 spiro atoms. The molecule has 0 amide bonds. The van der Waals surface area contributed by atoms with E-state index in [9.17, 15) is 9.90 Å². The molecule has 1 saturated carbocycles. The summed E-state index contributed by atoms with van der Waals surface area (Å²) in [6.45, 7) is 3.95. The fourth-order valence-corrected chi connectivity index (χ4v) is 2.67.